The van der Waals surface area contributed by atoms with Gasteiger partial charge in [0.25, 0.3) is 17.7 Å². The number of piperidine rings is 1. The number of rotatable bonds is 5. The van der Waals surface area contributed by atoms with Crippen LogP contribution in [0.3, 0.4) is 0 Å². The normalized spacial score (nSPS) is 20.4. The SMILES string of the molecule is CN1CCN(C(=O)c2ccc(COc3cccc4c3C(=O)N(C3CCC(=O)NC3=O)C4=O)cc2)CC1. The van der Waals surface area contributed by atoms with Gasteiger partial charge in [0.2, 0.25) is 11.8 Å². The summed E-state index contributed by atoms with van der Waals surface area (Å²) in [6, 6.07) is 10.8. The lowest BCUT2D eigenvalue weighted by Gasteiger charge is -2.32. The summed E-state index contributed by atoms with van der Waals surface area (Å²) in [4.78, 5) is 67.6. The highest BCUT2D eigenvalue weighted by Gasteiger charge is 2.46. The fourth-order valence-electron chi connectivity index (χ4n) is 4.70. The summed E-state index contributed by atoms with van der Waals surface area (Å²) in [5, 5.41) is 2.19. The second kappa shape index (κ2) is 9.54. The van der Waals surface area contributed by atoms with E-state index in [1.165, 1.54) is 6.07 Å². The minimum atomic E-state index is -1.03. The molecule has 1 N–H and O–H groups in total. The van der Waals surface area contributed by atoms with Gasteiger partial charge in [-0.05, 0) is 43.3 Å². The van der Waals surface area contributed by atoms with Gasteiger partial charge in [-0.15, -0.1) is 0 Å². The third-order valence-electron chi connectivity index (χ3n) is 6.82. The smallest absolute Gasteiger partial charge is 0.266 e. The minimum absolute atomic E-state index is 0.00547. The van der Waals surface area contributed by atoms with Crippen LogP contribution in [0.1, 0.15) is 49.5 Å². The summed E-state index contributed by atoms with van der Waals surface area (Å²) in [5.74, 6) is -2.05. The molecular formula is C26H26N4O6. The van der Waals surface area contributed by atoms with Crippen molar-refractivity contribution < 1.29 is 28.7 Å². The van der Waals surface area contributed by atoms with E-state index in [1.54, 1.807) is 36.4 Å². The Kier molecular flexibility index (Phi) is 6.27. The third-order valence-corrected chi connectivity index (χ3v) is 6.82. The first-order valence-corrected chi connectivity index (χ1v) is 11.9. The molecule has 3 heterocycles. The Morgan fingerprint density at radius 3 is 2.39 bits per heavy atom. The molecule has 10 nitrogen and oxygen atoms in total. The van der Waals surface area contributed by atoms with Crippen LogP contribution in [0.25, 0.3) is 0 Å². The van der Waals surface area contributed by atoms with E-state index in [0.717, 1.165) is 23.6 Å². The molecule has 2 saturated heterocycles. The van der Waals surface area contributed by atoms with Crippen molar-refractivity contribution in [3.05, 3.63) is 64.7 Å². The number of fused-ring (bicyclic) bond motifs is 1. The topological polar surface area (TPSA) is 116 Å². The van der Waals surface area contributed by atoms with Gasteiger partial charge in [-0.2, -0.15) is 0 Å². The van der Waals surface area contributed by atoms with E-state index >= 15 is 0 Å². The van der Waals surface area contributed by atoms with Crippen molar-refractivity contribution in [3.63, 3.8) is 0 Å². The zero-order valence-corrected chi connectivity index (χ0v) is 19.9. The van der Waals surface area contributed by atoms with Crippen LogP contribution < -0.4 is 10.1 Å². The predicted molar refractivity (Wildman–Crippen MR) is 127 cm³/mol. The number of imide groups is 2. The predicted octanol–water partition coefficient (Wildman–Crippen LogP) is 1.05. The van der Waals surface area contributed by atoms with E-state index in [2.05, 4.69) is 10.2 Å². The Labute approximate surface area is 207 Å². The summed E-state index contributed by atoms with van der Waals surface area (Å²) < 4.78 is 5.91. The van der Waals surface area contributed by atoms with Gasteiger partial charge in [-0.3, -0.25) is 34.2 Å². The van der Waals surface area contributed by atoms with E-state index in [1.807, 2.05) is 11.9 Å². The molecule has 3 aliphatic heterocycles. The maximum absolute atomic E-state index is 13.2. The number of carbonyl (C=O) groups excluding carboxylic acids is 5. The molecule has 0 aromatic heterocycles. The molecule has 0 saturated carbocycles. The highest BCUT2D eigenvalue weighted by Crippen LogP contribution is 2.34. The van der Waals surface area contributed by atoms with Crippen molar-refractivity contribution >= 4 is 29.5 Å². The second-order valence-corrected chi connectivity index (χ2v) is 9.21. The molecule has 0 spiro atoms. The number of hydrogen-bond acceptors (Lipinski definition) is 7. The monoisotopic (exact) mass is 490 g/mol. The van der Waals surface area contributed by atoms with Crippen LogP contribution in [-0.4, -0.2) is 83.5 Å². The van der Waals surface area contributed by atoms with Crippen molar-refractivity contribution in [1.82, 2.24) is 20.0 Å². The van der Waals surface area contributed by atoms with Crippen LogP contribution in [0.2, 0.25) is 0 Å². The molecule has 10 heteroatoms. The summed E-state index contributed by atoms with van der Waals surface area (Å²) in [6.45, 7) is 3.21. The van der Waals surface area contributed by atoms with Gasteiger partial charge in [0.1, 0.15) is 18.4 Å². The number of hydrogen-bond donors (Lipinski definition) is 1. The summed E-state index contributed by atoms with van der Waals surface area (Å²) in [5.41, 5.74) is 1.66. The second-order valence-electron chi connectivity index (χ2n) is 9.21. The molecular weight excluding hydrogens is 464 g/mol. The average Bonchev–Trinajstić information content (AvgIpc) is 3.13. The Hall–Kier alpha value is -4.05. The highest BCUT2D eigenvalue weighted by atomic mass is 16.5. The number of amides is 5. The van der Waals surface area contributed by atoms with Gasteiger partial charge in [-0.25, -0.2) is 0 Å². The molecule has 1 unspecified atom stereocenters. The molecule has 1 atom stereocenters. The lowest BCUT2D eigenvalue weighted by atomic mass is 10.0. The number of nitrogens with one attached hydrogen (secondary N) is 1. The van der Waals surface area contributed by atoms with E-state index in [0.29, 0.717) is 18.7 Å². The summed E-state index contributed by atoms with van der Waals surface area (Å²) >= 11 is 0. The van der Waals surface area contributed by atoms with E-state index < -0.39 is 29.7 Å². The minimum Gasteiger partial charge on any atom is -0.488 e. The van der Waals surface area contributed by atoms with Crippen LogP contribution in [-0.2, 0) is 16.2 Å². The number of likely N-dealkylation sites (N-methyl/N-ethyl adjacent to an activating group) is 1. The maximum Gasteiger partial charge on any atom is 0.266 e. The summed E-state index contributed by atoms with van der Waals surface area (Å²) in [6.07, 6.45) is 0.145. The maximum atomic E-state index is 13.2. The highest BCUT2D eigenvalue weighted by molar-refractivity contribution is 6.24. The van der Waals surface area contributed by atoms with Crippen molar-refractivity contribution in [2.75, 3.05) is 33.2 Å². The quantitative estimate of drug-likeness (QED) is 0.623. The van der Waals surface area contributed by atoms with Gasteiger partial charge in [0.15, 0.2) is 0 Å². The zero-order valence-electron chi connectivity index (χ0n) is 19.9. The number of ether oxygens (including phenoxy) is 1. The zero-order chi connectivity index (χ0) is 25.4. The van der Waals surface area contributed by atoms with Crippen LogP contribution in [0.5, 0.6) is 5.75 Å². The summed E-state index contributed by atoms with van der Waals surface area (Å²) in [7, 11) is 2.04. The van der Waals surface area contributed by atoms with Gasteiger partial charge in [-0.1, -0.05) is 18.2 Å². The van der Waals surface area contributed by atoms with Crippen LogP contribution in [0.4, 0.5) is 0 Å². The first-order valence-electron chi connectivity index (χ1n) is 11.9. The third kappa shape index (κ3) is 4.35. The Balaban J connectivity index is 1.27. The van der Waals surface area contributed by atoms with Crippen LogP contribution in [0, 0.1) is 0 Å². The number of benzene rings is 2. The largest absolute Gasteiger partial charge is 0.488 e. The van der Waals surface area contributed by atoms with E-state index in [9.17, 15) is 24.0 Å². The molecule has 0 bridgehead atoms. The van der Waals surface area contributed by atoms with E-state index in [4.69, 9.17) is 4.74 Å². The fraction of sp³-hybridized carbons (Fsp3) is 0.346. The molecule has 3 aliphatic rings. The molecule has 2 aromatic carbocycles. The van der Waals surface area contributed by atoms with Gasteiger partial charge in [0.05, 0.1) is 11.1 Å². The first-order chi connectivity index (χ1) is 17.3. The molecule has 186 valence electrons. The molecule has 0 aliphatic carbocycles. The van der Waals surface area contributed by atoms with Crippen molar-refractivity contribution in [3.8, 4) is 5.75 Å². The number of piperazine rings is 1. The first kappa shape index (κ1) is 23.7. The van der Waals surface area contributed by atoms with Gasteiger partial charge >= 0.3 is 0 Å². The Morgan fingerprint density at radius 1 is 0.972 bits per heavy atom. The fourth-order valence-corrected chi connectivity index (χ4v) is 4.70. The lowest BCUT2D eigenvalue weighted by Crippen LogP contribution is -2.54. The van der Waals surface area contributed by atoms with Gasteiger partial charge < -0.3 is 14.5 Å². The van der Waals surface area contributed by atoms with Crippen molar-refractivity contribution in [2.45, 2.75) is 25.5 Å². The average molecular weight is 491 g/mol. The van der Waals surface area contributed by atoms with Gasteiger partial charge in [0, 0.05) is 38.2 Å². The lowest BCUT2D eigenvalue weighted by molar-refractivity contribution is -0.136. The molecule has 2 fully saturated rings. The van der Waals surface area contributed by atoms with Crippen LogP contribution >= 0.6 is 0 Å². The molecule has 36 heavy (non-hydrogen) atoms. The Bertz CT molecular complexity index is 1250. The standard InChI is InChI=1S/C26H26N4O6/c1-28-11-13-29(14-12-28)24(33)17-7-5-16(6-8-17)15-36-20-4-2-3-18-22(20)26(35)30(25(18)34)19-9-10-21(31)27-23(19)32/h2-8,19H,9-15H2,1H3,(H,27,31,32). The molecule has 0 radical (unpaired) electrons. The Morgan fingerprint density at radius 2 is 1.69 bits per heavy atom. The van der Waals surface area contributed by atoms with E-state index in [-0.39, 0.29) is 42.2 Å². The number of carbonyl (C=O) groups is 5. The number of nitrogens with zero attached hydrogens (tertiary/aromatic N) is 3. The van der Waals surface area contributed by atoms with Crippen molar-refractivity contribution in [2.24, 2.45) is 0 Å². The van der Waals surface area contributed by atoms with Crippen LogP contribution in [0.15, 0.2) is 42.5 Å². The molecule has 5 amide bonds. The van der Waals surface area contributed by atoms with Crippen molar-refractivity contribution in [1.29, 1.82) is 0 Å². The molecule has 2 aromatic rings. The molecule has 5 rings (SSSR count).